The summed E-state index contributed by atoms with van der Waals surface area (Å²) in [6.45, 7) is 2.62. The molecule has 5 heteroatoms. The summed E-state index contributed by atoms with van der Waals surface area (Å²) in [5, 5.41) is 3.11. The van der Waals surface area contributed by atoms with Crippen LogP contribution < -0.4 is 15.8 Å². The lowest BCUT2D eigenvalue weighted by Gasteiger charge is -2.11. The third-order valence-electron chi connectivity index (χ3n) is 4.45. The molecule has 1 aliphatic rings. The van der Waals surface area contributed by atoms with Crippen molar-refractivity contribution in [2.45, 2.75) is 51.7 Å². The monoisotopic (exact) mass is 338 g/mol. The lowest BCUT2D eigenvalue weighted by molar-refractivity contribution is 0.201. The van der Waals surface area contributed by atoms with Gasteiger partial charge in [0.05, 0.1) is 6.54 Å². The van der Waals surface area contributed by atoms with Crippen LogP contribution in [0.15, 0.2) is 47.6 Å². The first-order valence-electron chi connectivity index (χ1n) is 9.00. The molecule has 1 aromatic carbocycles. The van der Waals surface area contributed by atoms with E-state index in [-0.39, 0.29) is 0 Å². The fourth-order valence-electron chi connectivity index (χ4n) is 2.94. The van der Waals surface area contributed by atoms with Crippen LogP contribution in [-0.2, 0) is 13.0 Å². The number of nitrogens with one attached hydrogen (secondary N) is 1. The summed E-state index contributed by atoms with van der Waals surface area (Å²) in [6.07, 6.45) is 7.93. The van der Waals surface area contributed by atoms with Gasteiger partial charge in [0, 0.05) is 18.0 Å². The van der Waals surface area contributed by atoms with Gasteiger partial charge in [-0.3, -0.25) is 0 Å². The Hall–Kier alpha value is -2.56. The Labute approximate surface area is 149 Å². The highest BCUT2D eigenvalue weighted by atomic mass is 16.5. The Morgan fingerprint density at radius 2 is 1.88 bits per heavy atom. The average molecular weight is 338 g/mol. The maximum absolute atomic E-state index is 5.96. The molecule has 1 saturated carbocycles. The van der Waals surface area contributed by atoms with Gasteiger partial charge in [0.15, 0.2) is 5.96 Å². The highest BCUT2D eigenvalue weighted by Gasteiger charge is 2.16. The first-order valence-corrected chi connectivity index (χ1v) is 9.00. The molecular weight excluding hydrogens is 312 g/mol. The van der Waals surface area contributed by atoms with Crippen LogP contribution in [0, 0.1) is 0 Å². The van der Waals surface area contributed by atoms with Gasteiger partial charge in [-0.05, 0) is 55.4 Å². The third-order valence-corrected chi connectivity index (χ3v) is 4.45. The number of rotatable bonds is 6. The van der Waals surface area contributed by atoms with Crippen molar-refractivity contribution < 1.29 is 4.74 Å². The van der Waals surface area contributed by atoms with Gasteiger partial charge >= 0.3 is 0 Å². The molecule has 0 amide bonds. The highest BCUT2D eigenvalue weighted by molar-refractivity contribution is 5.92. The lowest BCUT2D eigenvalue weighted by atomic mass is 10.1. The second kappa shape index (κ2) is 8.51. The minimum atomic E-state index is 0.329. The van der Waals surface area contributed by atoms with Crippen molar-refractivity contribution in [2.24, 2.45) is 10.7 Å². The Kier molecular flexibility index (Phi) is 5.88. The number of aryl methyl sites for hydroxylation is 1. The molecule has 3 rings (SSSR count). The lowest BCUT2D eigenvalue weighted by Crippen LogP contribution is -2.22. The summed E-state index contributed by atoms with van der Waals surface area (Å²) in [4.78, 5) is 8.74. The number of aliphatic imine (C=N–C) groups is 1. The quantitative estimate of drug-likeness (QED) is 0.619. The standard InChI is InChI=1S/C20H26N4O/c1-2-15-7-10-17(11-8-15)24-20(21)23-14-16-9-12-19(22-13-16)25-18-5-3-4-6-18/h7-13,18H,2-6,14H2,1H3,(H3,21,23,24). The summed E-state index contributed by atoms with van der Waals surface area (Å²) in [5.41, 5.74) is 9.20. The summed E-state index contributed by atoms with van der Waals surface area (Å²) >= 11 is 0. The zero-order chi connectivity index (χ0) is 17.5. The van der Waals surface area contributed by atoms with Crippen molar-refractivity contribution >= 4 is 11.6 Å². The van der Waals surface area contributed by atoms with Gasteiger partial charge in [-0.2, -0.15) is 0 Å². The summed E-state index contributed by atoms with van der Waals surface area (Å²) in [7, 11) is 0. The fourth-order valence-corrected chi connectivity index (χ4v) is 2.94. The predicted molar refractivity (Wildman–Crippen MR) is 102 cm³/mol. The number of nitrogens with zero attached hydrogens (tertiary/aromatic N) is 2. The largest absolute Gasteiger partial charge is 0.474 e. The minimum Gasteiger partial charge on any atom is -0.474 e. The van der Waals surface area contributed by atoms with Gasteiger partial charge in [0.25, 0.3) is 0 Å². The van der Waals surface area contributed by atoms with Crippen LogP contribution in [0.25, 0.3) is 0 Å². The Balaban J connectivity index is 1.51. The highest BCUT2D eigenvalue weighted by Crippen LogP contribution is 2.22. The molecule has 0 radical (unpaired) electrons. The predicted octanol–water partition coefficient (Wildman–Crippen LogP) is 3.89. The number of nitrogens with two attached hydrogens (primary N) is 1. The van der Waals surface area contributed by atoms with Crippen LogP contribution in [0.2, 0.25) is 0 Å². The first-order chi connectivity index (χ1) is 12.2. The van der Waals surface area contributed by atoms with Crippen molar-refractivity contribution in [2.75, 3.05) is 5.32 Å². The van der Waals surface area contributed by atoms with Crippen LogP contribution in [0.4, 0.5) is 5.69 Å². The van der Waals surface area contributed by atoms with E-state index >= 15 is 0 Å². The number of hydrogen-bond donors (Lipinski definition) is 2. The molecule has 5 nitrogen and oxygen atoms in total. The van der Waals surface area contributed by atoms with Gasteiger partial charge in [0.1, 0.15) is 6.10 Å². The number of aromatic nitrogens is 1. The van der Waals surface area contributed by atoms with E-state index in [0.717, 1.165) is 30.5 Å². The normalized spacial score (nSPS) is 15.3. The van der Waals surface area contributed by atoms with Crippen molar-refractivity contribution in [1.29, 1.82) is 0 Å². The second-order valence-electron chi connectivity index (χ2n) is 6.41. The number of pyridine rings is 1. The van der Waals surface area contributed by atoms with Gasteiger partial charge in [-0.15, -0.1) is 0 Å². The Morgan fingerprint density at radius 1 is 1.16 bits per heavy atom. The molecule has 2 aromatic rings. The SMILES string of the molecule is CCc1ccc(NC(N)=NCc2ccc(OC3CCCC3)nc2)cc1. The zero-order valence-electron chi connectivity index (χ0n) is 14.7. The zero-order valence-corrected chi connectivity index (χ0v) is 14.7. The topological polar surface area (TPSA) is 72.5 Å². The van der Waals surface area contributed by atoms with E-state index in [9.17, 15) is 0 Å². The molecule has 25 heavy (non-hydrogen) atoms. The molecule has 0 unspecified atom stereocenters. The molecule has 0 bridgehead atoms. The van der Waals surface area contributed by atoms with Crippen LogP contribution in [0.5, 0.6) is 5.88 Å². The van der Waals surface area contributed by atoms with E-state index in [4.69, 9.17) is 10.5 Å². The fraction of sp³-hybridized carbons (Fsp3) is 0.400. The van der Waals surface area contributed by atoms with Crippen LogP contribution in [0.1, 0.15) is 43.7 Å². The molecule has 0 saturated heterocycles. The molecular formula is C20H26N4O. The van der Waals surface area contributed by atoms with E-state index in [1.807, 2.05) is 24.3 Å². The van der Waals surface area contributed by atoms with E-state index in [2.05, 4.69) is 34.3 Å². The van der Waals surface area contributed by atoms with Crippen molar-refractivity contribution in [3.63, 3.8) is 0 Å². The molecule has 1 heterocycles. The number of guanidine groups is 1. The number of benzene rings is 1. The smallest absolute Gasteiger partial charge is 0.213 e. The van der Waals surface area contributed by atoms with Gasteiger partial charge < -0.3 is 15.8 Å². The van der Waals surface area contributed by atoms with Crippen molar-refractivity contribution in [3.05, 3.63) is 53.7 Å². The summed E-state index contributed by atoms with van der Waals surface area (Å²) < 4.78 is 5.87. The molecule has 0 spiro atoms. The second-order valence-corrected chi connectivity index (χ2v) is 6.41. The Morgan fingerprint density at radius 3 is 2.52 bits per heavy atom. The van der Waals surface area contributed by atoms with E-state index in [0.29, 0.717) is 24.5 Å². The van der Waals surface area contributed by atoms with Crippen molar-refractivity contribution in [3.8, 4) is 5.88 Å². The molecule has 1 aliphatic carbocycles. The van der Waals surface area contributed by atoms with Gasteiger partial charge in [0.2, 0.25) is 5.88 Å². The first kappa shape index (κ1) is 17.3. The number of hydrogen-bond acceptors (Lipinski definition) is 3. The van der Waals surface area contributed by atoms with E-state index < -0.39 is 0 Å². The van der Waals surface area contributed by atoms with Crippen LogP contribution in [-0.4, -0.2) is 17.0 Å². The molecule has 1 fully saturated rings. The maximum Gasteiger partial charge on any atom is 0.213 e. The van der Waals surface area contributed by atoms with E-state index in [1.165, 1.54) is 18.4 Å². The van der Waals surface area contributed by atoms with Crippen LogP contribution in [0.3, 0.4) is 0 Å². The van der Waals surface area contributed by atoms with Gasteiger partial charge in [-0.1, -0.05) is 25.1 Å². The summed E-state index contributed by atoms with van der Waals surface area (Å²) in [6, 6.07) is 12.1. The maximum atomic E-state index is 5.96. The third kappa shape index (κ3) is 5.21. The number of ether oxygens (including phenoxy) is 1. The molecule has 132 valence electrons. The Bertz CT molecular complexity index is 689. The molecule has 1 aromatic heterocycles. The van der Waals surface area contributed by atoms with E-state index in [1.54, 1.807) is 6.20 Å². The summed E-state index contributed by atoms with van der Waals surface area (Å²) in [5.74, 6) is 1.09. The molecule has 3 N–H and O–H groups in total. The molecule has 0 atom stereocenters. The van der Waals surface area contributed by atoms with Crippen molar-refractivity contribution in [1.82, 2.24) is 4.98 Å². The molecule has 0 aliphatic heterocycles. The average Bonchev–Trinajstić information content (AvgIpc) is 3.15. The van der Waals surface area contributed by atoms with Crippen LogP contribution >= 0.6 is 0 Å². The number of anilines is 1. The minimum absolute atomic E-state index is 0.329. The van der Waals surface area contributed by atoms with Gasteiger partial charge in [-0.25, -0.2) is 9.98 Å².